The molecule has 0 heterocycles. The van der Waals surface area contributed by atoms with Crippen LogP contribution in [0.25, 0.3) is 0 Å². The molecule has 0 saturated carbocycles. The number of phenols is 2. The van der Waals surface area contributed by atoms with Crippen LogP contribution in [0.15, 0.2) is 30.3 Å². The molecular formula is C16H18O2. The van der Waals surface area contributed by atoms with E-state index in [9.17, 15) is 10.2 Å². The molecule has 2 aromatic rings. The maximum atomic E-state index is 10.2. The van der Waals surface area contributed by atoms with Crippen LogP contribution in [0.3, 0.4) is 0 Å². The van der Waals surface area contributed by atoms with Crippen LogP contribution in [0.2, 0.25) is 0 Å². The van der Waals surface area contributed by atoms with Gasteiger partial charge in [0.15, 0.2) is 0 Å². The number of aryl methyl sites for hydroxylation is 2. The van der Waals surface area contributed by atoms with Gasteiger partial charge in [0.1, 0.15) is 11.5 Å². The number of para-hydroxylation sites is 1. The predicted molar refractivity (Wildman–Crippen MR) is 73.2 cm³/mol. The minimum Gasteiger partial charge on any atom is -0.508 e. The lowest BCUT2D eigenvalue weighted by Gasteiger charge is -2.14. The number of hydrogen-bond donors (Lipinski definition) is 2. The first kappa shape index (κ1) is 12.5. The van der Waals surface area contributed by atoms with E-state index in [0.717, 1.165) is 27.8 Å². The predicted octanol–water partition coefficient (Wildman–Crippen LogP) is 3.61. The average Bonchev–Trinajstić information content (AvgIpc) is 2.34. The third kappa shape index (κ3) is 2.19. The van der Waals surface area contributed by atoms with Gasteiger partial charge >= 0.3 is 0 Å². The van der Waals surface area contributed by atoms with Crippen molar-refractivity contribution in [2.75, 3.05) is 0 Å². The molecule has 0 aliphatic carbocycles. The van der Waals surface area contributed by atoms with Crippen molar-refractivity contribution < 1.29 is 10.2 Å². The number of rotatable bonds is 2. The number of hydrogen-bond acceptors (Lipinski definition) is 2. The van der Waals surface area contributed by atoms with E-state index < -0.39 is 0 Å². The maximum absolute atomic E-state index is 10.2. The van der Waals surface area contributed by atoms with Crippen LogP contribution in [0.1, 0.15) is 27.8 Å². The van der Waals surface area contributed by atoms with Crippen molar-refractivity contribution in [3.05, 3.63) is 58.1 Å². The molecule has 0 spiro atoms. The Hall–Kier alpha value is -1.96. The van der Waals surface area contributed by atoms with E-state index in [4.69, 9.17) is 0 Å². The molecule has 2 nitrogen and oxygen atoms in total. The van der Waals surface area contributed by atoms with Gasteiger partial charge in [0.05, 0.1) is 0 Å². The first-order valence-corrected chi connectivity index (χ1v) is 6.06. The highest BCUT2D eigenvalue weighted by atomic mass is 16.3. The van der Waals surface area contributed by atoms with Crippen LogP contribution in [0.5, 0.6) is 11.5 Å². The Morgan fingerprint density at radius 3 is 2.28 bits per heavy atom. The van der Waals surface area contributed by atoms with Gasteiger partial charge in [-0.25, -0.2) is 0 Å². The third-order valence-electron chi connectivity index (χ3n) is 3.50. The molecule has 94 valence electrons. The quantitative estimate of drug-likeness (QED) is 0.844. The minimum absolute atomic E-state index is 0.274. The van der Waals surface area contributed by atoms with E-state index in [1.165, 1.54) is 0 Å². The molecule has 0 bridgehead atoms. The van der Waals surface area contributed by atoms with Crippen LogP contribution < -0.4 is 0 Å². The Morgan fingerprint density at radius 1 is 0.944 bits per heavy atom. The Morgan fingerprint density at radius 2 is 1.61 bits per heavy atom. The summed E-state index contributed by atoms with van der Waals surface area (Å²) < 4.78 is 0. The summed E-state index contributed by atoms with van der Waals surface area (Å²) in [5.74, 6) is 0.608. The van der Waals surface area contributed by atoms with Crippen LogP contribution in [-0.4, -0.2) is 10.2 Å². The normalized spacial score (nSPS) is 10.6. The van der Waals surface area contributed by atoms with E-state index in [-0.39, 0.29) is 5.75 Å². The summed E-state index contributed by atoms with van der Waals surface area (Å²) in [5.41, 5.74) is 4.86. The highest BCUT2D eigenvalue weighted by Gasteiger charge is 2.12. The molecule has 0 radical (unpaired) electrons. The number of aromatic hydroxyl groups is 2. The van der Waals surface area contributed by atoms with E-state index in [0.29, 0.717) is 12.2 Å². The van der Waals surface area contributed by atoms with Crippen LogP contribution in [0.4, 0.5) is 0 Å². The van der Waals surface area contributed by atoms with Crippen molar-refractivity contribution in [3.8, 4) is 11.5 Å². The van der Waals surface area contributed by atoms with Gasteiger partial charge < -0.3 is 10.2 Å². The van der Waals surface area contributed by atoms with Crippen molar-refractivity contribution in [2.45, 2.75) is 27.2 Å². The topological polar surface area (TPSA) is 40.5 Å². The summed E-state index contributed by atoms with van der Waals surface area (Å²) in [7, 11) is 0. The molecule has 0 aliphatic heterocycles. The zero-order valence-corrected chi connectivity index (χ0v) is 11.0. The van der Waals surface area contributed by atoms with E-state index in [1.54, 1.807) is 12.1 Å². The van der Waals surface area contributed by atoms with Crippen LogP contribution in [-0.2, 0) is 6.42 Å². The molecule has 0 aliphatic rings. The lowest BCUT2D eigenvalue weighted by Crippen LogP contribution is -1.97. The lowest BCUT2D eigenvalue weighted by molar-refractivity contribution is 0.459. The smallest absolute Gasteiger partial charge is 0.122 e. The molecule has 0 unspecified atom stereocenters. The summed E-state index contributed by atoms with van der Waals surface area (Å²) in [6.45, 7) is 5.94. The molecule has 2 rings (SSSR count). The first-order chi connectivity index (χ1) is 8.50. The van der Waals surface area contributed by atoms with Gasteiger partial charge in [-0.15, -0.1) is 0 Å². The van der Waals surface area contributed by atoms with Gasteiger partial charge in [-0.1, -0.05) is 24.3 Å². The minimum atomic E-state index is 0.274. The summed E-state index contributed by atoms with van der Waals surface area (Å²) in [6, 6.07) is 9.23. The number of benzene rings is 2. The largest absolute Gasteiger partial charge is 0.508 e. The highest BCUT2D eigenvalue weighted by Crippen LogP contribution is 2.31. The highest BCUT2D eigenvalue weighted by molar-refractivity contribution is 5.51. The Kier molecular flexibility index (Phi) is 3.28. The monoisotopic (exact) mass is 242 g/mol. The lowest BCUT2D eigenvalue weighted by atomic mass is 9.93. The molecule has 0 atom stereocenters. The fourth-order valence-corrected chi connectivity index (χ4v) is 2.22. The van der Waals surface area contributed by atoms with Crippen molar-refractivity contribution in [1.29, 1.82) is 0 Å². The van der Waals surface area contributed by atoms with E-state index in [2.05, 4.69) is 0 Å². The Balaban J connectivity index is 2.50. The molecular weight excluding hydrogens is 224 g/mol. The zero-order chi connectivity index (χ0) is 13.3. The van der Waals surface area contributed by atoms with Gasteiger partial charge in [0.25, 0.3) is 0 Å². The second-order valence-corrected chi connectivity index (χ2v) is 4.77. The van der Waals surface area contributed by atoms with E-state index in [1.807, 2.05) is 39.0 Å². The summed E-state index contributed by atoms with van der Waals surface area (Å²) in [4.78, 5) is 0. The fraction of sp³-hybridized carbons (Fsp3) is 0.250. The Labute approximate surface area is 108 Å². The van der Waals surface area contributed by atoms with Crippen LogP contribution in [0, 0.1) is 20.8 Å². The van der Waals surface area contributed by atoms with Crippen molar-refractivity contribution in [2.24, 2.45) is 0 Å². The average molecular weight is 242 g/mol. The maximum Gasteiger partial charge on any atom is 0.122 e. The second-order valence-electron chi connectivity index (χ2n) is 4.77. The molecule has 0 saturated heterocycles. The number of phenolic OH excluding ortho intramolecular Hbond substituents is 2. The third-order valence-corrected chi connectivity index (χ3v) is 3.50. The first-order valence-electron chi connectivity index (χ1n) is 6.06. The second kappa shape index (κ2) is 4.73. The van der Waals surface area contributed by atoms with E-state index >= 15 is 0 Å². The Bertz CT molecular complexity index is 560. The van der Waals surface area contributed by atoms with Gasteiger partial charge in [0.2, 0.25) is 0 Å². The molecule has 0 aromatic heterocycles. The zero-order valence-electron chi connectivity index (χ0n) is 11.0. The summed E-state index contributed by atoms with van der Waals surface area (Å²) in [5, 5.41) is 20.0. The van der Waals surface area contributed by atoms with Crippen LogP contribution >= 0.6 is 0 Å². The van der Waals surface area contributed by atoms with Gasteiger partial charge in [-0.3, -0.25) is 0 Å². The van der Waals surface area contributed by atoms with Gasteiger partial charge in [0, 0.05) is 12.0 Å². The molecule has 2 N–H and O–H groups in total. The van der Waals surface area contributed by atoms with Gasteiger partial charge in [-0.05, 0) is 49.1 Å². The summed E-state index contributed by atoms with van der Waals surface area (Å²) in [6.07, 6.45) is 0.548. The van der Waals surface area contributed by atoms with Gasteiger partial charge in [-0.2, -0.15) is 0 Å². The van der Waals surface area contributed by atoms with Crippen molar-refractivity contribution in [1.82, 2.24) is 0 Å². The van der Waals surface area contributed by atoms with Crippen molar-refractivity contribution >= 4 is 0 Å². The standard InChI is InChI=1S/C16H18O2/c1-10-8-11(2)16(18)14(12(10)3)9-13-6-4-5-7-15(13)17/h4-8,17-18H,9H2,1-3H3. The molecule has 2 heteroatoms. The molecule has 0 fully saturated rings. The molecule has 18 heavy (non-hydrogen) atoms. The SMILES string of the molecule is Cc1cc(C)c(O)c(Cc2ccccc2O)c1C. The molecule has 2 aromatic carbocycles. The fourth-order valence-electron chi connectivity index (χ4n) is 2.22. The van der Waals surface area contributed by atoms with Crippen molar-refractivity contribution in [3.63, 3.8) is 0 Å². The molecule has 0 amide bonds. The summed E-state index contributed by atoms with van der Waals surface area (Å²) >= 11 is 0.